The predicted octanol–water partition coefficient (Wildman–Crippen LogP) is 9.44. The van der Waals surface area contributed by atoms with Crippen LogP contribution in [0.1, 0.15) is 125 Å². The monoisotopic (exact) mass is 412 g/mol. The quantitative estimate of drug-likeness (QED) is 0.443. The fourth-order valence-electron chi connectivity index (χ4n) is 6.52. The minimum atomic E-state index is 0.116. The summed E-state index contributed by atoms with van der Waals surface area (Å²) < 4.78 is 0. The fourth-order valence-corrected chi connectivity index (χ4v) is 6.52. The maximum Gasteiger partial charge on any atom is 0.0118 e. The maximum absolute atomic E-state index is 2.53. The lowest BCUT2D eigenvalue weighted by molar-refractivity contribution is 0.269. The van der Waals surface area contributed by atoms with Crippen molar-refractivity contribution in [1.29, 1.82) is 0 Å². The molecular weight excluding hydrogens is 372 g/mol. The van der Waals surface area contributed by atoms with Crippen LogP contribution in [0.5, 0.6) is 0 Å². The van der Waals surface area contributed by atoms with Crippen molar-refractivity contribution in [2.45, 2.75) is 91.9 Å². The summed E-state index contributed by atoms with van der Waals surface area (Å²) in [6.45, 7) is 19.0. The van der Waals surface area contributed by atoms with Crippen molar-refractivity contribution in [3.63, 3.8) is 0 Å². The maximum atomic E-state index is 2.53. The Morgan fingerprint density at radius 1 is 0.677 bits per heavy atom. The highest BCUT2D eigenvalue weighted by atomic mass is 14.5. The third-order valence-corrected chi connectivity index (χ3v) is 7.92. The van der Waals surface area contributed by atoms with E-state index in [1.54, 1.807) is 22.3 Å². The molecule has 164 valence electrons. The van der Waals surface area contributed by atoms with Gasteiger partial charge in [0.25, 0.3) is 0 Å². The Morgan fingerprint density at radius 3 is 1.39 bits per heavy atom. The van der Waals surface area contributed by atoms with Crippen LogP contribution in [0.4, 0.5) is 0 Å². The molecule has 2 aliphatic carbocycles. The first-order chi connectivity index (χ1) is 14.7. The van der Waals surface area contributed by atoms with Crippen molar-refractivity contribution in [3.05, 3.63) is 80.9 Å². The van der Waals surface area contributed by atoms with Crippen LogP contribution in [0.2, 0.25) is 0 Å². The Bertz CT molecular complexity index is 958. The molecule has 4 rings (SSSR count). The first-order valence-electron chi connectivity index (χ1n) is 12.4. The number of allylic oxidation sites excluding steroid dienone is 2. The van der Waals surface area contributed by atoms with E-state index in [9.17, 15) is 0 Å². The zero-order valence-corrected chi connectivity index (χ0v) is 20.8. The van der Waals surface area contributed by atoms with Gasteiger partial charge in [0.1, 0.15) is 0 Å². The van der Waals surface area contributed by atoms with Gasteiger partial charge >= 0.3 is 0 Å². The SMILES string of the molecule is CCC1=Cc2c(C(C)C)cccc2C1C(C)(C)C1C(CC)=Cc2c(C(C)C)cccc21. The van der Waals surface area contributed by atoms with E-state index in [0.29, 0.717) is 23.7 Å². The summed E-state index contributed by atoms with van der Waals surface area (Å²) in [5, 5.41) is 0. The van der Waals surface area contributed by atoms with Crippen molar-refractivity contribution >= 4 is 12.2 Å². The molecule has 2 atom stereocenters. The van der Waals surface area contributed by atoms with Gasteiger partial charge in [0.15, 0.2) is 0 Å². The molecule has 0 heterocycles. The molecule has 0 radical (unpaired) electrons. The number of fused-ring (bicyclic) bond motifs is 2. The number of hydrogen-bond donors (Lipinski definition) is 0. The van der Waals surface area contributed by atoms with E-state index >= 15 is 0 Å². The van der Waals surface area contributed by atoms with E-state index in [-0.39, 0.29) is 5.41 Å². The van der Waals surface area contributed by atoms with E-state index < -0.39 is 0 Å². The van der Waals surface area contributed by atoms with Gasteiger partial charge < -0.3 is 0 Å². The molecule has 0 bridgehead atoms. The molecule has 2 unspecified atom stereocenters. The molecular formula is C31H40. The molecule has 0 aromatic heterocycles. The fraction of sp³-hybridized carbons (Fsp3) is 0.484. The molecule has 0 amide bonds. The first-order valence-corrected chi connectivity index (χ1v) is 12.4. The van der Waals surface area contributed by atoms with E-state index in [1.807, 2.05) is 0 Å². The summed E-state index contributed by atoms with van der Waals surface area (Å²) in [6.07, 6.45) is 7.31. The van der Waals surface area contributed by atoms with Crippen molar-refractivity contribution in [3.8, 4) is 0 Å². The highest BCUT2D eigenvalue weighted by Crippen LogP contribution is 2.60. The Kier molecular flexibility index (Phi) is 5.80. The van der Waals surface area contributed by atoms with Crippen LogP contribution in [0.3, 0.4) is 0 Å². The summed E-state index contributed by atoms with van der Waals surface area (Å²) in [4.78, 5) is 0. The second-order valence-corrected chi connectivity index (χ2v) is 10.8. The molecule has 2 aromatic rings. The van der Waals surface area contributed by atoms with Gasteiger partial charge in [0, 0.05) is 11.8 Å². The smallest absolute Gasteiger partial charge is 0.0118 e. The molecule has 0 spiro atoms. The average molecular weight is 413 g/mol. The van der Waals surface area contributed by atoms with E-state index in [4.69, 9.17) is 0 Å². The van der Waals surface area contributed by atoms with Crippen molar-refractivity contribution in [1.82, 2.24) is 0 Å². The van der Waals surface area contributed by atoms with Crippen molar-refractivity contribution in [2.75, 3.05) is 0 Å². The summed E-state index contributed by atoms with van der Waals surface area (Å²) in [5.41, 5.74) is 12.4. The molecule has 2 aromatic carbocycles. The van der Waals surface area contributed by atoms with Crippen molar-refractivity contribution < 1.29 is 0 Å². The Morgan fingerprint density at radius 2 is 1.06 bits per heavy atom. The lowest BCUT2D eigenvalue weighted by Crippen LogP contribution is -2.30. The zero-order chi connectivity index (χ0) is 22.5. The minimum Gasteiger partial charge on any atom is -0.0618 e. The van der Waals surface area contributed by atoms with Crippen LogP contribution in [-0.4, -0.2) is 0 Å². The normalized spacial score (nSPS) is 20.2. The highest BCUT2D eigenvalue weighted by molar-refractivity contribution is 5.73. The molecule has 0 saturated carbocycles. The van der Waals surface area contributed by atoms with Crippen LogP contribution in [0, 0.1) is 5.41 Å². The third-order valence-electron chi connectivity index (χ3n) is 7.92. The summed E-state index contributed by atoms with van der Waals surface area (Å²) in [7, 11) is 0. The molecule has 0 fully saturated rings. The summed E-state index contributed by atoms with van der Waals surface area (Å²) in [5.74, 6) is 2.05. The molecule has 0 saturated heterocycles. The van der Waals surface area contributed by atoms with Crippen molar-refractivity contribution in [2.24, 2.45) is 5.41 Å². The lowest BCUT2D eigenvalue weighted by atomic mass is 9.61. The van der Waals surface area contributed by atoms with Gasteiger partial charge in [-0.25, -0.2) is 0 Å². The largest absolute Gasteiger partial charge is 0.0618 e. The Labute approximate surface area is 190 Å². The average Bonchev–Trinajstić information content (AvgIpc) is 3.31. The Hall–Kier alpha value is -2.08. The highest BCUT2D eigenvalue weighted by Gasteiger charge is 2.46. The number of hydrogen-bond acceptors (Lipinski definition) is 0. The molecule has 0 heteroatoms. The standard InChI is InChI=1S/C31H40/c1-9-21-17-27-23(19(3)4)13-11-15-25(27)29(21)31(7,8)30-22(10-2)18-28-24(20(5)6)14-12-16-26(28)30/h11-20,29-30H,9-10H2,1-8H3. The topological polar surface area (TPSA) is 0 Å². The van der Waals surface area contributed by atoms with Gasteiger partial charge in [0.05, 0.1) is 0 Å². The van der Waals surface area contributed by atoms with Gasteiger partial charge in [-0.3, -0.25) is 0 Å². The second kappa shape index (κ2) is 8.12. The van der Waals surface area contributed by atoms with Crippen LogP contribution < -0.4 is 0 Å². The van der Waals surface area contributed by atoms with Gasteiger partial charge in [-0.2, -0.15) is 0 Å². The van der Waals surface area contributed by atoms with Gasteiger partial charge in [-0.15, -0.1) is 0 Å². The van der Waals surface area contributed by atoms with Crippen LogP contribution in [0.15, 0.2) is 47.5 Å². The molecule has 0 nitrogen and oxygen atoms in total. The van der Waals surface area contributed by atoms with Gasteiger partial charge in [-0.1, -0.05) is 115 Å². The molecule has 2 aliphatic rings. The van der Waals surface area contributed by atoms with Crippen LogP contribution >= 0.6 is 0 Å². The van der Waals surface area contributed by atoms with Crippen LogP contribution in [-0.2, 0) is 0 Å². The first kappa shape index (κ1) is 22.1. The second-order valence-electron chi connectivity index (χ2n) is 10.8. The van der Waals surface area contributed by atoms with Crippen LogP contribution in [0.25, 0.3) is 12.2 Å². The Balaban J connectivity index is 1.88. The zero-order valence-electron chi connectivity index (χ0n) is 20.8. The summed E-state index contributed by atoms with van der Waals surface area (Å²) in [6, 6.07) is 14.1. The number of benzene rings is 2. The molecule has 0 aliphatic heterocycles. The predicted molar refractivity (Wildman–Crippen MR) is 137 cm³/mol. The van der Waals surface area contributed by atoms with E-state index in [1.165, 1.54) is 22.3 Å². The number of rotatable bonds is 6. The van der Waals surface area contributed by atoms with E-state index in [0.717, 1.165) is 12.8 Å². The molecule has 0 N–H and O–H groups in total. The summed E-state index contributed by atoms with van der Waals surface area (Å²) >= 11 is 0. The van der Waals surface area contributed by atoms with Gasteiger partial charge in [-0.05, 0) is 63.5 Å². The van der Waals surface area contributed by atoms with Gasteiger partial charge in [0.2, 0.25) is 0 Å². The minimum absolute atomic E-state index is 0.116. The molecule has 31 heavy (non-hydrogen) atoms. The van der Waals surface area contributed by atoms with E-state index in [2.05, 4.69) is 104 Å². The lowest BCUT2D eigenvalue weighted by Gasteiger charge is -2.42. The third kappa shape index (κ3) is 3.43.